The van der Waals surface area contributed by atoms with E-state index >= 15 is 0 Å². The van der Waals surface area contributed by atoms with Crippen LogP contribution >= 0.6 is 0 Å². The Kier molecular flexibility index (Phi) is 3.68. The van der Waals surface area contributed by atoms with Crippen molar-refractivity contribution in [2.24, 2.45) is 0 Å². The minimum Gasteiger partial charge on any atom is -0.388 e. The van der Waals surface area contributed by atoms with Crippen molar-refractivity contribution < 1.29 is 18.3 Å². The first-order chi connectivity index (χ1) is 6.88. The van der Waals surface area contributed by atoms with Gasteiger partial charge < -0.3 is 5.11 Å². The van der Waals surface area contributed by atoms with Crippen LogP contribution < -0.4 is 0 Å². The van der Waals surface area contributed by atoms with Gasteiger partial charge in [0.2, 0.25) is 0 Å². The highest BCUT2D eigenvalue weighted by Gasteiger charge is 2.28. The number of alkyl halides is 3. The molecule has 0 fully saturated rings. The van der Waals surface area contributed by atoms with Gasteiger partial charge in [-0.15, -0.1) is 0 Å². The standard InChI is InChI=1S/C10H12F3NO/c1-7-6-8(3-5-14-7)9(15)2-4-10(11,12)13/h3,5-6,9,15H,2,4H2,1H3. The predicted molar refractivity (Wildman–Crippen MR) is 49.2 cm³/mol. The first-order valence-corrected chi connectivity index (χ1v) is 4.56. The third-order valence-electron chi connectivity index (χ3n) is 2.01. The van der Waals surface area contributed by atoms with Gasteiger partial charge in [0, 0.05) is 18.3 Å². The third-order valence-corrected chi connectivity index (χ3v) is 2.01. The van der Waals surface area contributed by atoms with Gasteiger partial charge >= 0.3 is 6.18 Å². The molecule has 1 aromatic heterocycles. The first-order valence-electron chi connectivity index (χ1n) is 4.56. The summed E-state index contributed by atoms with van der Waals surface area (Å²) in [5.74, 6) is 0. The molecule has 1 aromatic rings. The van der Waals surface area contributed by atoms with E-state index in [2.05, 4.69) is 4.98 Å². The Morgan fingerprint density at radius 3 is 2.67 bits per heavy atom. The van der Waals surface area contributed by atoms with Crippen molar-refractivity contribution in [3.8, 4) is 0 Å². The Hall–Kier alpha value is -1.10. The number of aliphatic hydroxyl groups excluding tert-OH is 1. The first kappa shape index (κ1) is 12.0. The zero-order chi connectivity index (χ0) is 11.5. The van der Waals surface area contributed by atoms with Crippen molar-refractivity contribution in [2.75, 3.05) is 0 Å². The van der Waals surface area contributed by atoms with Crippen LogP contribution in [0.25, 0.3) is 0 Å². The molecule has 1 heterocycles. The van der Waals surface area contributed by atoms with Crippen molar-refractivity contribution >= 4 is 0 Å². The Morgan fingerprint density at radius 1 is 1.47 bits per heavy atom. The monoisotopic (exact) mass is 219 g/mol. The number of halogens is 3. The number of aliphatic hydroxyl groups is 1. The van der Waals surface area contributed by atoms with Gasteiger partial charge in [0.15, 0.2) is 0 Å². The molecular weight excluding hydrogens is 207 g/mol. The van der Waals surface area contributed by atoms with E-state index in [0.717, 1.165) is 0 Å². The summed E-state index contributed by atoms with van der Waals surface area (Å²) in [5.41, 5.74) is 1.16. The molecule has 1 unspecified atom stereocenters. The van der Waals surface area contributed by atoms with E-state index in [1.54, 1.807) is 13.0 Å². The molecule has 0 aromatic carbocycles. The summed E-state index contributed by atoms with van der Waals surface area (Å²) in [7, 11) is 0. The lowest BCUT2D eigenvalue weighted by Gasteiger charge is -2.12. The molecule has 0 spiro atoms. The average molecular weight is 219 g/mol. The van der Waals surface area contributed by atoms with Crippen molar-refractivity contribution in [2.45, 2.75) is 32.0 Å². The summed E-state index contributed by atoms with van der Waals surface area (Å²) < 4.78 is 35.7. The average Bonchev–Trinajstić information content (AvgIpc) is 2.13. The second-order valence-electron chi connectivity index (χ2n) is 3.40. The van der Waals surface area contributed by atoms with Crippen LogP contribution in [0.4, 0.5) is 13.2 Å². The number of aromatic nitrogens is 1. The number of nitrogens with zero attached hydrogens (tertiary/aromatic N) is 1. The van der Waals surface area contributed by atoms with Gasteiger partial charge in [-0.3, -0.25) is 4.98 Å². The molecule has 2 nitrogen and oxygen atoms in total. The molecular formula is C10H12F3NO. The normalized spacial score (nSPS) is 13.9. The van der Waals surface area contributed by atoms with Crippen molar-refractivity contribution in [1.82, 2.24) is 4.98 Å². The molecule has 0 aliphatic rings. The van der Waals surface area contributed by atoms with Crippen LogP contribution in [-0.2, 0) is 0 Å². The fraction of sp³-hybridized carbons (Fsp3) is 0.500. The fourth-order valence-corrected chi connectivity index (χ4v) is 1.24. The van der Waals surface area contributed by atoms with Gasteiger partial charge in [0.05, 0.1) is 6.10 Å². The SMILES string of the molecule is Cc1cc(C(O)CCC(F)(F)F)ccn1. The molecule has 0 saturated heterocycles. The Bertz CT molecular complexity index is 325. The van der Waals surface area contributed by atoms with E-state index in [-0.39, 0.29) is 6.42 Å². The number of pyridine rings is 1. The van der Waals surface area contributed by atoms with Crippen LogP contribution in [0, 0.1) is 6.92 Å². The fourth-order valence-electron chi connectivity index (χ4n) is 1.24. The second-order valence-corrected chi connectivity index (χ2v) is 3.40. The summed E-state index contributed by atoms with van der Waals surface area (Å²) in [5, 5.41) is 9.48. The van der Waals surface area contributed by atoms with Crippen LogP contribution in [0.3, 0.4) is 0 Å². The lowest BCUT2D eigenvalue weighted by atomic mass is 10.1. The molecule has 0 amide bonds. The minimum atomic E-state index is -4.22. The van der Waals surface area contributed by atoms with Gasteiger partial charge in [0.1, 0.15) is 0 Å². The topological polar surface area (TPSA) is 33.1 Å². The summed E-state index contributed by atoms with van der Waals surface area (Å²) in [4.78, 5) is 3.90. The number of rotatable bonds is 3. The highest BCUT2D eigenvalue weighted by Crippen LogP contribution is 2.27. The molecule has 5 heteroatoms. The molecule has 1 atom stereocenters. The Balaban J connectivity index is 2.58. The number of hydrogen-bond acceptors (Lipinski definition) is 2. The highest BCUT2D eigenvalue weighted by molar-refractivity contribution is 5.17. The van der Waals surface area contributed by atoms with Gasteiger partial charge in [-0.1, -0.05) is 0 Å². The van der Waals surface area contributed by atoms with E-state index in [9.17, 15) is 18.3 Å². The summed E-state index contributed by atoms with van der Waals surface area (Å²) >= 11 is 0. The van der Waals surface area contributed by atoms with Crippen LogP contribution in [0.2, 0.25) is 0 Å². The maximum atomic E-state index is 11.9. The Labute approximate surface area is 85.8 Å². The van der Waals surface area contributed by atoms with Crippen molar-refractivity contribution in [3.63, 3.8) is 0 Å². The van der Waals surface area contributed by atoms with Gasteiger partial charge in [-0.2, -0.15) is 13.2 Å². The molecule has 0 aliphatic heterocycles. The smallest absolute Gasteiger partial charge is 0.388 e. The lowest BCUT2D eigenvalue weighted by molar-refractivity contribution is -0.140. The van der Waals surface area contributed by atoms with Crippen LogP contribution in [0.15, 0.2) is 18.3 Å². The largest absolute Gasteiger partial charge is 0.389 e. The molecule has 0 saturated carbocycles. The minimum absolute atomic E-state index is 0.313. The zero-order valence-corrected chi connectivity index (χ0v) is 8.25. The van der Waals surface area contributed by atoms with Gasteiger partial charge in [0.25, 0.3) is 0 Å². The molecule has 15 heavy (non-hydrogen) atoms. The van der Waals surface area contributed by atoms with E-state index in [0.29, 0.717) is 11.3 Å². The van der Waals surface area contributed by atoms with E-state index in [1.165, 1.54) is 12.3 Å². The molecule has 1 N–H and O–H groups in total. The number of hydrogen-bond donors (Lipinski definition) is 1. The molecule has 0 aliphatic carbocycles. The molecule has 84 valence electrons. The molecule has 0 radical (unpaired) electrons. The summed E-state index contributed by atoms with van der Waals surface area (Å²) in [6, 6.07) is 3.11. The maximum Gasteiger partial charge on any atom is 0.389 e. The second kappa shape index (κ2) is 4.61. The van der Waals surface area contributed by atoms with Crippen molar-refractivity contribution in [1.29, 1.82) is 0 Å². The quantitative estimate of drug-likeness (QED) is 0.847. The van der Waals surface area contributed by atoms with Crippen LogP contribution in [0.5, 0.6) is 0 Å². The molecule has 1 rings (SSSR count). The zero-order valence-electron chi connectivity index (χ0n) is 8.25. The van der Waals surface area contributed by atoms with Crippen LogP contribution in [0.1, 0.15) is 30.2 Å². The number of aryl methyl sites for hydroxylation is 1. The maximum absolute atomic E-state index is 11.9. The van der Waals surface area contributed by atoms with E-state index in [1.807, 2.05) is 0 Å². The lowest BCUT2D eigenvalue weighted by Crippen LogP contribution is -2.10. The highest BCUT2D eigenvalue weighted by atomic mass is 19.4. The third kappa shape index (κ3) is 4.29. The summed E-state index contributed by atoms with van der Waals surface area (Å²) in [6.07, 6.45) is -5.11. The predicted octanol–water partition coefficient (Wildman–Crippen LogP) is 2.77. The van der Waals surface area contributed by atoms with Crippen molar-refractivity contribution in [3.05, 3.63) is 29.6 Å². The van der Waals surface area contributed by atoms with E-state index in [4.69, 9.17) is 0 Å². The van der Waals surface area contributed by atoms with E-state index < -0.39 is 18.7 Å². The van der Waals surface area contributed by atoms with Gasteiger partial charge in [-0.25, -0.2) is 0 Å². The Morgan fingerprint density at radius 2 is 2.13 bits per heavy atom. The van der Waals surface area contributed by atoms with Crippen LogP contribution in [-0.4, -0.2) is 16.3 Å². The summed E-state index contributed by atoms with van der Waals surface area (Å²) in [6.45, 7) is 1.72. The molecule has 0 bridgehead atoms. The van der Waals surface area contributed by atoms with Gasteiger partial charge in [-0.05, 0) is 31.0 Å².